The van der Waals surface area contributed by atoms with E-state index in [9.17, 15) is 40.9 Å². The van der Waals surface area contributed by atoms with E-state index in [1.807, 2.05) is 0 Å². The van der Waals surface area contributed by atoms with Gasteiger partial charge in [0.15, 0.2) is 5.76 Å². The van der Waals surface area contributed by atoms with Crippen molar-refractivity contribution in [2.45, 2.75) is 9.87 Å². The van der Waals surface area contributed by atoms with Crippen LogP contribution >= 0.6 is 0 Å². The molecule has 0 amide bonds. The molecule has 11 nitrogen and oxygen atoms in total. The number of allylic oxidation sites excluding steroid dienone is 2. The number of hydrogen-bond acceptors (Lipinski definition) is 9. The molecule has 0 unspecified atom stereocenters. The maximum Gasteiger partial charge on any atom is 0.344 e. The zero-order valence-corrected chi connectivity index (χ0v) is 16.1. The first-order valence-electron chi connectivity index (χ1n) is 7.30. The minimum absolute atomic E-state index is 0.0585. The van der Waals surface area contributed by atoms with Gasteiger partial charge in [-0.3, -0.25) is 13.9 Å². The molecule has 0 saturated carbocycles. The number of ketones is 1. The average molecular weight is 436 g/mol. The fourth-order valence-corrected chi connectivity index (χ4v) is 5.96. The van der Waals surface area contributed by atoms with Crippen LogP contribution < -0.4 is 0 Å². The summed E-state index contributed by atoms with van der Waals surface area (Å²) in [7, 11) is -10.9. The van der Waals surface area contributed by atoms with Gasteiger partial charge in [-0.05, 0) is 6.08 Å². The molecule has 0 bridgehead atoms. The fraction of sp³-hybridized carbons (Fsp3) is 0.267. The second-order valence-electron chi connectivity index (χ2n) is 5.58. The topological polar surface area (TPSA) is 185 Å². The van der Waals surface area contributed by atoms with Crippen LogP contribution in [0.1, 0.15) is 5.56 Å². The number of benzene rings is 1. The van der Waals surface area contributed by atoms with E-state index in [0.29, 0.717) is 20.3 Å². The van der Waals surface area contributed by atoms with E-state index in [1.165, 1.54) is 24.3 Å². The number of hydrogen-bond donors (Lipinski definition) is 4. The molecular weight excluding hydrogens is 420 g/mol. The van der Waals surface area contributed by atoms with Gasteiger partial charge in [0.25, 0.3) is 5.79 Å². The Labute approximate surface area is 160 Å². The van der Waals surface area contributed by atoms with E-state index >= 15 is 0 Å². The van der Waals surface area contributed by atoms with Gasteiger partial charge in [-0.25, -0.2) is 0 Å². The van der Waals surface area contributed by atoms with Crippen molar-refractivity contribution in [2.75, 3.05) is 14.2 Å². The molecule has 0 spiro atoms. The van der Waals surface area contributed by atoms with Crippen LogP contribution in [0.4, 0.5) is 0 Å². The van der Waals surface area contributed by atoms with Crippen molar-refractivity contribution < 1.29 is 50.4 Å². The van der Waals surface area contributed by atoms with Gasteiger partial charge in [0.05, 0.1) is 5.57 Å². The highest BCUT2D eigenvalue weighted by molar-refractivity contribution is 8.06. The molecule has 0 aliphatic heterocycles. The van der Waals surface area contributed by atoms with Crippen molar-refractivity contribution >= 4 is 31.8 Å². The maximum absolute atomic E-state index is 13.0. The standard InChI is InChI=1S/C15H16O11S2/c1-25-14(26-2)11(16)8-10(12(17)9-6-4-3-5-7-9)13(18)15(14,27(19,20)21)28(22,23)24/h3-8,16-17H,1-2H3,(H,19,20,21)(H,22,23,24). The molecule has 0 fully saturated rings. The molecule has 0 saturated heterocycles. The van der Waals surface area contributed by atoms with E-state index in [-0.39, 0.29) is 5.56 Å². The summed E-state index contributed by atoms with van der Waals surface area (Å²) >= 11 is 0. The highest BCUT2D eigenvalue weighted by Gasteiger charge is 2.79. The molecule has 28 heavy (non-hydrogen) atoms. The van der Waals surface area contributed by atoms with Crippen LogP contribution in [0.25, 0.3) is 5.76 Å². The van der Waals surface area contributed by atoms with Crippen LogP contribution in [0, 0.1) is 0 Å². The van der Waals surface area contributed by atoms with Crippen molar-refractivity contribution in [1.82, 2.24) is 0 Å². The molecule has 1 aromatic rings. The zero-order valence-electron chi connectivity index (χ0n) is 14.4. The third kappa shape index (κ3) is 2.75. The lowest BCUT2D eigenvalue weighted by atomic mass is 9.90. The monoisotopic (exact) mass is 436 g/mol. The van der Waals surface area contributed by atoms with Gasteiger partial charge in [0.2, 0.25) is 5.78 Å². The molecule has 1 aliphatic carbocycles. The molecule has 0 atom stereocenters. The summed E-state index contributed by atoms with van der Waals surface area (Å²) in [4.78, 5) is 13.0. The Morgan fingerprint density at radius 1 is 0.964 bits per heavy atom. The van der Waals surface area contributed by atoms with Gasteiger partial charge >= 0.3 is 24.3 Å². The van der Waals surface area contributed by atoms with Crippen molar-refractivity contribution in [3.63, 3.8) is 0 Å². The second kappa shape index (κ2) is 6.95. The number of carbonyl (C=O) groups excluding carboxylic acids is 1. The smallest absolute Gasteiger partial charge is 0.344 e. The Balaban J connectivity index is 3.11. The van der Waals surface area contributed by atoms with Gasteiger partial charge in [0, 0.05) is 19.8 Å². The van der Waals surface area contributed by atoms with Gasteiger partial charge < -0.3 is 19.7 Å². The van der Waals surface area contributed by atoms with E-state index in [4.69, 9.17) is 0 Å². The molecule has 4 N–H and O–H groups in total. The predicted molar refractivity (Wildman–Crippen MR) is 94.3 cm³/mol. The van der Waals surface area contributed by atoms with Crippen LogP contribution in [0.5, 0.6) is 0 Å². The number of ether oxygens (including phenoxy) is 2. The first-order chi connectivity index (χ1) is 12.8. The lowest BCUT2D eigenvalue weighted by Crippen LogP contribution is -2.71. The van der Waals surface area contributed by atoms with Gasteiger partial charge in [-0.2, -0.15) is 16.8 Å². The molecule has 13 heteroatoms. The van der Waals surface area contributed by atoms with E-state index < -0.39 is 53.0 Å². The molecule has 1 aromatic carbocycles. The van der Waals surface area contributed by atoms with Crippen LogP contribution in [-0.2, 0) is 34.5 Å². The molecule has 0 heterocycles. The first-order valence-corrected chi connectivity index (χ1v) is 10.2. The third-order valence-electron chi connectivity index (χ3n) is 4.20. The maximum atomic E-state index is 13.0. The van der Waals surface area contributed by atoms with Crippen LogP contribution in [-0.4, -0.2) is 66.0 Å². The van der Waals surface area contributed by atoms with Gasteiger partial charge in [0.1, 0.15) is 5.76 Å². The Morgan fingerprint density at radius 2 is 1.43 bits per heavy atom. The van der Waals surface area contributed by atoms with Gasteiger partial charge in [-0.1, -0.05) is 30.3 Å². The quantitative estimate of drug-likeness (QED) is 0.217. The third-order valence-corrected chi connectivity index (χ3v) is 7.82. The SMILES string of the molecule is COC1(OC)C(O)=CC(=C(O)c2ccccc2)C(=O)C1(S(=O)(=O)O)S(=O)(=O)O. The molecule has 154 valence electrons. The minimum atomic E-state index is -6.09. The minimum Gasteiger partial charge on any atom is -0.507 e. The largest absolute Gasteiger partial charge is 0.507 e. The number of aliphatic hydroxyl groups excluding tert-OH is 2. The Hall–Kier alpha value is -2.29. The number of carbonyl (C=O) groups is 1. The summed E-state index contributed by atoms with van der Waals surface area (Å²) in [5, 5.41) is 20.7. The summed E-state index contributed by atoms with van der Waals surface area (Å²) in [5.74, 6) is -7.65. The summed E-state index contributed by atoms with van der Waals surface area (Å²) in [6.07, 6.45) is 0.506. The number of aliphatic hydroxyl groups is 2. The highest BCUT2D eigenvalue weighted by atomic mass is 32.3. The summed E-state index contributed by atoms with van der Waals surface area (Å²) < 4.78 is 73.0. The molecule has 0 aromatic heterocycles. The van der Waals surface area contributed by atoms with Gasteiger partial charge in [-0.15, -0.1) is 0 Å². The molecule has 2 rings (SSSR count). The molecule has 1 aliphatic rings. The Bertz CT molecular complexity index is 1030. The number of rotatable bonds is 5. The van der Waals surface area contributed by atoms with Crippen molar-refractivity contribution in [3.8, 4) is 0 Å². The first kappa shape index (κ1) is 22.0. The Kier molecular flexibility index (Phi) is 5.46. The Morgan fingerprint density at radius 3 is 1.82 bits per heavy atom. The predicted octanol–water partition coefficient (Wildman–Crippen LogP) is 0.441. The summed E-state index contributed by atoms with van der Waals surface area (Å²) in [6.45, 7) is 0. The van der Waals surface area contributed by atoms with Crippen LogP contribution in [0.2, 0.25) is 0 Å². The van der Waals surface area contributed by atoms with Crippen LogP contribution in [0.3, 0.4) is 0 Å². The summed E-state index contributed by atoms with van der Waals surface area (Å²) in [6, 6.07) is 7.01. The zero-order chi connectivity index (χ0) is 21.5. The molecular formula is C15H16O11S2. The molecule has 0 radical (unpaired) electrons. The van der Waals surface area contributed by atoms with Crippen molar-refractivity contribution in [2.24, 2.45) is 0 Å². The lowest BCUT2D eigenvalue weighted by Gasteiger charge is -2.43. The lowest BCUT2D eigenvalue weighted by molar-refractivity contribution is -0.208. The average Bonchev–Trinajstić information content (AvgIpc) is 2.61. The fourth-order valence-electron chi connectivity index (χ4n) is 2.99. The number of Topliss-reactive ketones (excluding diaryl/α,β-unsaturated/α-hetero) is 1. The van der Waals surface area contributed by atoms with E-state index in [0.717, 1.165) is 0 Å². The van der Waals surface area contributed by atoms with Crippen LogP contribution in [0.15, 0.2) is 47.7 Å². The van der Waals surface area contributed by atoms with E-state index in [2.05, 4.69) is 9.47 Å². The summed E-state index contributed by atoms with van der Waals surface area (Å²) in [5.41, 5.74) is -1.10. The number of methoxy groups -OCH3 is 2. The van der Waals surface area contributed by atoms with Crippen molar-refractivity contribution in [1.29, 1.82) is 0 Å². The highest BCUT2D eigenvalue weighted by Crippen LogP contribution is 2.48. The van der Waals surface area contributed by atoms with Crippen molar-refractivity contribution in [3.05, 3.63) is 53.3 Å². The normalized spacial score (nSPS) is 21.1. The van der Waals surface area contributed by atoms with E-state index in [1.54, 1.807) is 6.07 Å². The second-order valence-corrected chi connectivity index (χ2v) is 8.96.